The number of hydrogen-bond donors (Lipinski definition) is 3. The minimum absolute atomic E-state index is 0.0364. The van der Waals surface area contributed by atoms with Crippen molar-refractivity contribution in [2.24, 2.45) is 4.99 Å². The van der Waals surface area contributed by atoms with Crippen LogP contribution in [-0.4, -0.2) is 81.5 Å². The predicted molar refractivity (Wildman–Crippen MR) is 121 cm³/mol. The first-order chi connectivity index (χ1) is 14.9. The van der Waals surface area contributed by atoms with E-state index in [4.69, 9.17) is 14.2 Å². The number of amides is 1. The second-order valence-corrected chi connectivity index (χ2v) is 8.68. The van der Waals surface area contributed by atoms with Gasteiger partial charge in [-0.05, 0) is 32.9 Å². The molecule has 1 aromatic carbocycles. The number of nitrogens with one attached hydrogen (secondary N) is 3. The average Bonchev–Trinajstić information content (AvgIpc) is 2.96. The van der Waals surface area contributed by atoms with Gasteiger partial charge < -0.3 is 30.2 Å². The zero-order valence-electron chi connectivity index (χ0n) is 18.8. The highest BCUT2D eigenvalue weighted by atomic mass is 16.5. The van der Waals surface area contributed by atoms with Crippen LogP contribution in [-0.2, 0) is 9.53 Å². The molecule has 1 saturated heterocycles. The van der Waals surface area contributed by atoms with Crippen molar-refractivity contribution >= 4 is 17.6 Å². The van der Waals surface area contributed by atoms with E-state index in [2.05, 4.69) is 25.8 Å². The predicted octanol–water partition coefficient (Wildman–Crippen LogP) is 1.45. The van der Waals surface area contributed by atoms with Crippen LogP contribution in [0.15, 0.2) is 23.2 Å². The zero-order valence-corrected chi connectivity index (χ0v) is 18.8. The number of nitrogens with zero attached hydrogens (tertiary/aromatic N) is 2. The molecule has 9 heteroatoms. The second-order valence-electron chi connectivity index (χ2n) is 8.68. The van der Waals surface area contributed by atoms with Crippen LogP contribution in [0.3, 0.4) is 0 Å². The van der Waals surface area contributed by atoms with Gasteiger partial charge in [0.05, 0.1) is 26.4 Å². The third-order valence-electron chi connectivity index (χ3n) is 4.73. The van der Waals surface area contributed by atoms with E-state index in [9.17, 15) is 4.79 Å². The Kier molecular flexibility index (Phi) is 8.36. The van der Waals surface area contributed by atoms with Crippen LogP contribution in [0.2, 0.25) is 0 Å². The number of fused-ring (bicyclic) bond motifs is 1. The van der Waals surface area contributed by atoms with Crippen LogP contribution in [0.25, 0.3) is 0 Å². The van der Waals surface area contributed by atoms with Gasteiger partial charge in [0.1, 0.15) is 6.54 Å². The SMILES string of the molecule is CC(C)(C)NC(=O)CN=C(NCCN1CCOCC1)Nc1ccc2c(c1)OCCCO2. The Morgan fingerprint density at radius 3 is 2.58 bits per heavy atom. The smallest absolute Gasteiger partial charge is 0.242 e. The summed E-state index contributed by atoms with van der Waals surface area (Å²) < 4.78 is 16.9. The van der Waals surface area contributed by atoms with Gasteiger partial charge in [0.15, 0.2) is 17.5 Å². The first-order valence-electron chi connectivity index (χ1n) is 11.0. The summed E-state index contributed by atoms with van der Waals surface area (Å²) in [4.78, 5) is 19.1. The summed E-state index contributed by atoms with van der Waals surface area (Å²) in [6.07, 6.45) is 0.857. The lowest BCUT2D eigenvalue weighted by Gasteiger charge is -2.26. The Morgan fingerprint density at radius 1 is 1.10 bits per heavy atom. The lowest BCUT2D eigenvalue weighted by molar-refractivity contribution is -0.121. The maximum atomic E-state index is 12.2. The second kappa shape index (κ2) is 11.2. The molecule has 1 fully saturated rings. The number of hydrogen-bond acceptors (Lipinski definition) is 6. The number of anilines is 1. The van der Waals surface area contributed by atoms with E-state index in [1.807, 2.05) is 39.0 Å². The third kappa shape index (κ3) is 8.26. The molecule has 1 aromatic rings. The number of morpholine rings is 1. The molecule has 1 amide bonds. The summed E-state index contributed by atoms with van der Waals surface area (Å²) in [5.74, 6) is 1.87. The molecule has 2 aliphatic heterocycles. The van der Waals surface area contributed by atoms with Crippen molar-refractivity contribution in [1.82, 2.24) is 15.5 Å². The Morgan fingerprint density at radius 2 is 1.84 bits per heavy atom. The molecule has 2 aliphatic rings. The van der Waals surface area contributed by atoms with E-state index in [0.29, 0.717) is 31.5 Å². The van der Waals surface area contributed by atoms with Crippen molar-refractivity contribution in [3.63, 3.8) is 0 Å². The summed E-state index contributed by atoms with van der Waals surface area (Å²) in [6, 6.07) is 5.71. The van der Waals surface area contributed by atoms with Crippen molar-refractivity contribution < 1.29 is 19.0 Å². The lowest BCUT2D eigenvalue weighted by Crippen LogP contribution is -2.44. The third-order valence-corrected chi connectivity index (χ3v) is 4.73. The van der Waals surface area contributed by atoms with Gasteiger partial charge in [-0.15, -0.1) is 0 Å². The summed E-state index contributed by atoms with van der Waals surface area (Å²) in [6.45, 7) is 12.1. The normalized spacial score (nSPS) is 17.6. The molecule has 9 nitrogen and oxygen atoms in total. The summed E-state index contributed by atoms with van der Waals surface area (Å²) in [7, 11) is 0. The zero-order chi connectivity index (χ0) is 22.1. The molecule has 0 atom stereocenters. The van der Waals surface area contributed by atoms with Gasteiger partial charge in [-0.1, -0.05) is 0 Å². The summed E-state index contributed by atoms with van der Waals surface area (Å²) >= 11 is 0. The van der Waals surface area contributed by atoms with Crippen LogP contribution in [0.5, 0.6) is 11.5 Å². The average molecular weight is 434 g/mol. The largest absolute Gasteiger partial charge is 0.490 e. The standard InChI is InChI=1S/C22H35N5O4/c1-22(2,3)26-20(28)16-24-21(23-7-8-27-9-13-29-14-10-27)25-17-5-6-18-19(15-17)31-12-4-11-30-18/h5-6,15H,4,7-14,16H2,1-3H3,(H,26,28)(H2,23,24,25). The number of guanidine groups is 1. The molecular weight excluding hydrogens is 398 g/mol. The van der Waals surface area contributed by atoms with Crippen LogP contribution in [0, 0.1) is 0 Å². The number of benzene rings is 1. The molecule has 0 radical (unpaired) electrons. The fraction of sp³-hybridized carbons (Fsp3) is 0.636. The van der Waals surface area contributed by atoms with Crippen molar-refractivity contribution in [3.8, 4) is 11.5 Å². The van der Waals surface area contributed by atoms with Crippen LogP contribution in [0.4, 0.5) is 5.69 Å². The minimum Gasteiger partial charge on any atom is -0.490 e. The highest BCUT2D eigenvalue weighted by Crippen LogP contribution is 2.32. The molecule has 31 heavy (non-hydrogen) atoms. The van der Waals surface area contributed by atoms with E-state index in [0.717, 1.165) is 50.7 Å². The van der Waals surface area contributed by atoms with Crippen molar-refractivity contribution in [1.29, 1.82) is 0 Å². The molecule has 3 rings (SSSR count). The fourth-order valence-corrected chi connectivity index (χ4v) is 3.28. The molecule has 0 aliphatic carbocycles. The summed E-state index contributed by atoms with van der Waals surface area (Å²) in [5, 5.41) is 9.55. The fourth-order valence-electron chi connectivity index (χ4n) is 3.28. The number of carbonyl (C=O) groups is 1. The maximum absolute atomic E-state index is 12.2. The Balaban J connectivity index is 1.63. The molecule has 0 spiro atoms. The molecule has 0 bridgehead atoms. The van der Waals surface area contributed by atoms with Crippen molar-refractivity contribution in [2.45, 2.75) is 32.7 Å². The molecule has 0 aromatic heterocycles. The highest BCUT2D eigenvalue weighted by Gasteiger charge is 2.15. The molecule has 172 valence electrons. The number of carbonyl (C=O) groups excluding carboxylic acids is 1. The highest BCUT2D eigenvalue weighted by molar-refractivity contribution is 5.95. The van der Waals surface area contributed by atoms with Gasteiger partial charge in [-0.3, -0.25) is 9.69 Å². The van der Waals surface area contributed by atoms with Crippen molar-refractivity contribution in [2.75, 3.05) is 64.5 Å². The Bertz CT molecular complexity index is 757. The van der Waals surface area contributed by atoms with Gasteiger partial charge >= 0.3 is 0 Å². The van der Waals surface area contributed by atoms with E-state index in [1.54, 1.807) is 0 Å². The van der Waals surface area contributed by atoms with E-state index in [1.165, 1.54) is 0 Å². The Labute approximate surface area is 184 Å². The lowest BCUT2D eigenvalue weighted by atomic mass is 10.1. The Hall–Kier alpha value is -2.52. The van der Waals surface area contributed by atoms with Gasteiger partial charge in [-0.25, -0.2) is 4.99 Å². The number of ether oxygens (including phenoxy) is 3. The monoisotopic (exact) mass is 433 g/mol. The molecule has 0 unspecified atom stereocenters. The first kappa shape index (κ1) is 23.1. The molecule has 3 N–H and O–H groups in total. The number of aliphatic imine (C=N–C) groups is 1. The molecule has 0 saturated carbocycles. The quantitative estimate of drug-likeness (QED) is 0.462. The van der Waals surface area contributed by atoms with Gasteiger partial charge in [0.2, 0.25) is 5.91 Å². The van der Waals surface area contributed by atoms with Crippen LogP contribution < -0.4 is 25.4 Å². The minimum atomic E-state index is -0.293. The van der Waals surface area contributed by atoms with Gasteiger partial charge in [0, 0.05) is 49.9 Å². The first-order valence-corrected chi connectivity index (χ1v) is 11.0. The van der Waals surface area contributed by atoms with E-state index in [-0.39, 0.29) is 18.0 Å². The molecule has 2 heterocycles. The van der Waals surface area contributed by atoms with Gasteiger partial charge in [0.25, 0.3) is 0 Å². The molecular formula is C22H35N5O4. The summed E-state index contributed by atoms with van der Waals surface area (Å²) in [5.41, 5.74) is 0.524. The maximum Gasteiger partial charge on any atom is 0.242 e. The van der Waals surface area contributed by atoms with Crippen LogP contribution >= 0.6 is 0 Å². The topological polar surface area (TPSA) is 96.5 Å². The van der Waals surface area contributed by atoms with E-state index >= 15 is 0 Å². The van der Waals surface area contributed by atoms with Gasteiger partial charge in [-0.2, -0.15) is 0 Å². The van der Waals surface area contributed by atoms with Crippen LogP contribution in [0.1, 0.15) is 27.2 Å². The number of rotatable bonds is 6. The van der Waals surface area contributed by atoms with Crippen molar-refractivity contribution in [3.05, 3.63) is 18.2 Å². The van der Waals surface area contributed by atoms with E-state index < -0.39 is 0 Å².